The topological polar surface area (TPSA) is 82.7 Å². The van der Waals surface area contributed by atoms with Crippen LogP contribution in [-0.4, -0.2) is 28.3 Å². The summed E-state index contributed by atoms with van der Waals surface area (Å²) >= 11 is 0. The molecular formula is C14H23NO4. The zero-order valence-corrected chi connectivity index (χ0v) is 12.0. The Labute approximate surface area is 113 Å². The lowest BCUT2D eigenvalue weighted by Gasteiger charge is -2.25. The Morgan fingerprint density at radius 3 is 2.63 bits per heavy atom. The van der Waals surface area contributed by atoms with Gasteiger partial charge in [-0.1, -0.05) is 13.8 Å². The maximum absolute atomic E-state index is 10.8. The van der Waals surface area contributed by atoms with Gasteiger partial charge in [0.2, 0.25) is 5.76 Å². The van der Waals surface area contributed by atoms with Gasteiger partial charge in [-0.05, 0) is 32.3 Å². The highest BCUT2D eigenvalue weighted by molar-refractivity contribution is 5.86. The maximum Gasteiger partial charge on any atom is 0.372 e. The fourth-order valence-electron chi connectivity index (χ4n) is 2.25. The number of hydrogen-bond acceptors (Lipinski definition) is 4. The third kappa shape index (κ3) is 5.04. The molecule has 0 aliphatic carbocycles. The zero-order chi connectivity index (χ0) is 14.6. The van der Waals surface area contributed by atoms with Crippen LogP contribution >= 0.6 is 0 Å². The SMILES string of the molecule is Cc1cc(CNCC(C)(O)CC(C)C)oc1C(=O)O. The monoisotopic (exact) mass is 269 g/mol. The fourth-order valence-corrected chi connectivity index (χ4v) is 2.25. The molecule has 0 aliphatic heterocycles. The summed E-state index contributed by atoms with van der Waals surface area (Å²) in [5.74, 6) is -0.0992. The average Bonchev–Trinajstić information content (AvgIpc) is 2.57. The lowest BCUT2D eigenvalue weighted by atomic mass is 9.94. The summed E-state index contributed by atoms with van der Waals surface area (Å²) in [7, 11) is 0. The largest absolute Gasteiger partial charge is 0.475 e. The van der Waals surface area contributed by atoms with Crippen LogP contribution in [0.4, 0.5) is 0 Å². The van der Waals surface area contributed by atoms with Crippen molar-refractivity contribution in [3.63, 3.8) is 0 Å². The standard InChI is InChI=1S/C14H23NO4/c1-9(2)6-14(4,18)8-15-7-11-5-10(3)12(19-11)13(16)17/h5,9,15,18H,6-8H2,1-4H3,(H,16,17). The number of hydrogen-bond donors (Lipinski definition) is 3. The molecule has 0 radical (unpaired) electrons. The number of aliphatic hydroxyl groups is 1. The summed E-state index contributed by atoms with van der Waals surface area (Å²) in [5, 5.41) is 22.1. The first-order valence-electron chi connectivity index (χ1n) is 6.47. The van der Waals surface area contributed by atoms with E-state index in [0.29, 0.717) is 36.8 Å². The predicted octanol–water partition coefficient (Wildman–Crippen LogP) is 2.17. The van der Waals surface area contributed by atoms with Gasteiger partial charge in [-0.3, -0.25) is 0 Å². The van der Waals surface area contributed by atoms with Crippen LogP contribution < -0.4 is 5.32 Å². The molecule has 0 fully saturated rings. The van der Waals surface area contributed by atoms with Gasteiger partial charge in [-0.2, -0.15) is 0 Å². The normalized spacial score (nSPS) is 14.6. The molecule has 0 amide bonds. The van der Waals surface area contributed by atoms with Crippen LogP contribution in [0.25, 0.3) is 0 Å². The molecule has 1 aromatic rings. The van der Waals surface area contributed by atoms with Gasteiger partial charge in [0.15, 0.2) is 0 Å². The zero-order valence-electron chi connectivity index (χ0n) is 12.0. The molecule has 0 saturated heterocycles. The average molecular weight is 269 g/mol. The number of carboxylic acid groups (broad SMARTS) is 1. The summed E-state index contributed by atoms with van der Waals surface area (Å²) in [6.07, 6.45) is 0.706. The van der Waals surface area contributed by atoms with Crippen molar-refractivity contribution in [3.05, 3.63) is 23.2 Å². The van der Waals surface area contributed by atoms with E-state index in [4.69, 9.17) is 9.52 Å². The van der Waals surface area contributed by atoms with Crippen molar-refractivity contribution < 1.29 is 19.4 Å². The van der Waals surface area contributed by atoms with E-state index in [2.05, 4.69) is 19.2 Å². The summed E-state index contributed by atoms with van der Waals surface area (Å²) in [6, 6.07) is 1.70. The molecule has 1 unspecified atom stereocenters. The molecule has 0 aliphatic rings. The first kappa shape index (κ1) is 15.7. The smallest absolute Gasteiger partial charge is 0.372 e. The molecule has 0 saturated carbocycles. The van der Waals surface area contributed by atoms with E-state index < -0.39 is 11.6 Å². The Morgan fingerprint density at radius 2 is 2.16 bits per heavy atom. The highest BCUT2D eigenvalue weighted by Gasteiger charge is 2.21. The quantitative estimate of drug-likeness (QED) is 0.706. The number of carboxylic acids is 1. The van der Waals surface area contributed by atoms with Crippen molar-refractivity contribution in [2.75, 3.05) is 6.54 Å². The Kier molecular flexibility index (Phi) is 5.14. The molecule has 0 spiro atoms. The van der Waals surface area contributed by atoms with Gasteiger partial charge in [0.1, 0.15) is 5.76 Å². The minimum absolute atomic E-state index is 0.0225. The van der Waals surface area contributed by atoms with Gasteiger partial charge < -0.3 is 19.9 Å². The van der Waals surface area contributed by atoms with Crippen molar-refractivity contribution in [2.24, 2.45) is 5.92 Å². The predicted molar refractivity (Wildman–Crippen MR) is 72.2 cm³/mol. The van der Waals surface area contributed by atoms with Crippen molar-refractivity contribution in [2.45, 2.75) is 46.3 Å². The molecule has 108 valence electrons. The van der Waals surface area contributed by atoms with Crippen molar-refractivity contribution in [1.82, 2.24) is 5.32 Å². The van der Waals surface area contributed by atoms with Gasteiger partial charge >= 0.3 is 5.97 Å². The van der Waals surface area contributed by atoms with Crippen molar-refractivity contribution in [3.8, 4) is 0 Å². The molecule has 0 bridgehead atoms. The number of nitrogens with one attached hydrogen (secondary N) is 1. The molecule has 1 rings (SSSR count). The highest BCUT2D eigenvalue weighted by atomic mass is 16.4. The Bertz CT molecular complexity index is 435. The molecule has 5 heteroatoms. The summed E-state index contributed by atoms with van der Waals surface area (Å²) < 4.78 is 5.23. The molecule has 1 heterocycles. The number of rotatable bonds is 7. The maximum atomic E-state index is 10.8. The molecular weight excluding hydrogens is 246 g/mol. The molecule has 1 aromatic heterocycles. The van der Waals surface area contributed by atoms with Crippen LogP contribution in [0, 0.1) is 12.8 Å². The Morgan fingerprint density at radius 1 is 1.53 bits per heavy atom. The van der Waals surface area contributed by atoms with Crippen LogP contribution in [-0.2, 0) is 6.54 Å². The fraction of sp³-hybridized carbons (Fsp3) is 0.643. The van der Waals surface area contributed by atoms with Crippen LogP contribution in [0.1, 0.15) is 49.1 Å². The van der Waals surface area contributed by atoms with Gasteiger partial charge in [0, 0.05) is 12.1 Å². The van der Waals surface area contributed by atoms with E-state index in [-0.39, 0.29) is 5.76 Å². The van der Waals surface area contributed by atoms with Crippen LogP contribution in [0.2, 0.25) is 0 Å². The van der Waals surface area contributed by atoms with Crippen LogP contribution in [0.5, 0.6) is 0 Å². The van der Waals surface area contributed by atoms with E-state index in [1.54, 1.807) is 19.9 Å². The first-order chi connectivity index (χ1) is 8.71. The number of aryl methyl sites for hydroxylation is 1. The second kappa shape index (κ2) is 6.21. The minimum Gasteiger partial charge on any atom is -0.475 e. The van der Waals surface area contributed by atoms with Gasteiger partial charge in [-0.25, -0.2) is 4.79 Å². The molecule has 3 N–H and O–H groups in total. The Balaban J connectivity index is 2.49. The van der Waals surface area contributed by atoms with Crippen molar-refractivity contribution >= 4 is 5.97 Å². The minimum atomic E-state index is -1.06. The molecule has 1 atom stereocenters. The molecule has 19 heavy (non-hydrogen) atoms. The van der Waals surface area contributed by atoms with Gasteiger partial charge in [0.25, 0.3) is 0 Å². The van der Waals surface area contributed by atoms with Gasteiger partial charge in [-0.15, -0.1) is 0 Å². The first-order valence-corrected chi connectivity index (χ1v) is 6.47. The molecule has 5 nitrogen and oxygen atoms in total. The van der Waals surface area contributed by atoms with Crippen LogP contribution in [0.15, 0.2) is 10.5 Å². The van der Waals surface area contributed by atoms with E-state index in [9.17, 15) is 9.90 Å². The number of furan rings is 1. The highest BCUT2D eigenvalue weighted by Crippen LogP contribution is 2.17. The van der Waals surface area contributed by atoms with Crippen molar-refractivity contribution in [1.29, 1.82) is 0 Å². The summed E-state index contributed by atoms with van der Waals surface area (Å²) in [6.45, 7) is 8.45. The van der Waals surface area contributed by atoms with E-state index >= 15 is 0 Å². The number of carbonyl (C=O) groups is 1. The van der Waals surface area contributed by atoms with Gasteiger partial charge in [0.05, 0.1) is 12.1 Å². The Hall–Kier alpha value is -1.33. The third-order valence-corrected chi connectivity index (χ3v) is 2.82. The molecule has 0 aromatic carbocycles. The van der Waals surface area contributed by atoms with E-state index in [1.165, 1.54) is 0 Å². The summed E-state index contributed by atoms with van der Waals surface area (Å²) in [4.78, 5) is 10.8. The third-order valence-electron chi connectivity index (χ3n) is 2.82. The lowest BCUT2D eigenvalue weighted by Crippen LogP contribution is -2.38. The second-order valence-electron chi connectivity index (χ2n) is 5.73. The lowest BCUT2D eigenvalue weighted by molar-refractivity contribution is 0.0378. The van der Waals surface area contributed by atoms with E-state index in [0.717, 1.165) is 0 Å². The summed E-state index contributed by atoms with van der Waals surface area (Å²) in [5.41, 5.74) is -0.163. The second-order valence-corrected chi connectivity index (χ2v) is 5.73. The van der Waals surface area contributed by atoms with E-state index in [1.807, 2.05) is 0 Å². The van der Waals surface area contributed by atoms with Crippen LogP contribution in [0.3, 0.4) is 0 Å². The number of aromatic carboxylic acids is 1.